The fraction of sp³-hybridized carbons (Fsp3) is 0.125. The minimum absolute atomic E-state index is 0.155. The number of halogens is 3. The smallest absolute Gasteiger partial charge is 0.277 e. The Bertz CT molecular complexity index is 847. The third-order valence-electron chi connectivity index (χ3n) is 3.14. The molecule has 0 saturated carbocycles. The van der Waals surface area contributed by atoms with Crippen molar-refractivity contribution in [1.29, 1.82) is 0 Å². The van der Waals surface area contributed by atoms with Crippen LogP contribution in [0.2, 0.25) is 5.02 Å². The van der Waals surface area contributed by atoms with Gasteiger partial charge in [-0.1, -0.05) is 11.6 Å². The molecule has 0 aliphatic carbocycles. The maximum absolute atomic E-state index is 11.8. The van der Waals surface area contributed by atoms with Gasteiger partial charge in [0.1, 0.15) is 5.75 Å². The summed E-state index contributed by atoms with van der Waals surface area (Å²) < 4.78 is 17.6. The molecule has 6 nitrogen and oxygen atoms in total. The van der Waals surface area contributed by atoms with Crippen LogP contribution in [0.3, 0.4) is 0 Å². The van der Waals surface area contributed by atoms with E-state index in [9.17, 15) is 4.79 Å². The Morgan fingerprint density at radius 1 is 1.36 bits per heavy atom. The molecular weight excluding hydrogens is 526 g/mol. The van der Waals surface area contributed by atoms with Crippen molar-refractivity contribution < 1.29 is 19.0 Å². The summed E-state index contributed by atoms with van der Waals surface area (Å²) in [6, 6.07) is 8.73. The Morgan fingerprint density at radius 2 is 2.12 bits per heavy atom. The van der Waals surface area contributed by atoms with Gasteiger partial charge in [-0.3, -0.25) is 4.79 Å². The van der Waals surface area contributed by atoms with E-state index < -0.39 is 0 Å². The molecule has 0 saturated heterocycles. The number of nitrogens with zero attached hydrogens (tertiary/aromatic N) is 1. The summed E-state index contributed by atoms with van der Waals surface area (Å²) >= 11 is 11.4. The molecule has 25 heavy (non-hydrogen) atoms. The highest BCUT2D eigenvalue weighted by Gasteiger charge is 2.15. The Balaban J connectivity index is 1.54. The number of hydrogen-bond acceptors (Lipinski definition) is 5. The summed E-state index contributed by atoms with van der Waals surface area (Å²) in [4.78, 5) is 11.8. The van der Waals surface area contributed by atoms with Gasteiger partial charge < -0.3 is 14.2 Å². The van der Waals surface area contributed by atoms with E-state index in [1.165, 1.54) is 6.21 Å². The molecule has 2 aromatic carbocycles. The van der Waals surface area contributed by atoms with E-state index >= 15 is 0 Å². The molecular formula is C16H11BrClIN2O4. The number of carbonyl (C=O) groups excluding carboxylic acids is 1. The summed E-state index contributed by atoms with van der Waals surface area (Å²) in [5.74, 6) is 1.51. The molecule has 2 aromatic rings. The first-order valence-electron chi connectivity index (χ1n) is 7.02. The fourth-order valence-electron chi connectivity index (χ4n) is 1.97. The Morgan fingerprint density at radius 3 is 2.88 bits per heavy atom. The number of hydrogen-bond donors (Lipinski definition) is 1. The minimum Gasteiger partial charge on any atom is -0.483 e. The number of fused-ring (bicyclic) bond motifs is 1. The van der Waals surface area contributed by atoms with Crippen molar-refractivity contribution in [2.24, 2.45) is 5.10 Å². The van der Waals surface area contributed by atoms with E-state index in [1.807, 2.05) is 0 Å². The van der Waals surface area contributed by atoms with Crippen molar-refractivity contribution in [1.82, 2.24) is 5.43 Å². The van der Waals surface area contributed by atoms with Gasteiger partial charge in [0.25, 0.3) is 5.91 Å². The monoisotopic (exact) mass is 536 g/mol. The molecule has 0 atom stereocenters. The van der Waals surface area contributed by atoms with Crippen LogP contribution in [0.1, 0.15) is 5.56 Å². The molecule has 0 radical (unpaired) electrons. The third kappa shape index (κ3) is 4.77. The summed E-state index contributed by atoms with van der Waals surface area (Å²) in [6.45, 7) is 0.0389. The first kappa shape index (κ1) is 18.3. The second kappa shape index (κ2) is 8.24. The number of rotatable bonds is 5. The quantitative estimate of drug-likeness (QED) is 0.356. The van der Waals surface area contributed by atoms with Gasteiger partial charge >= 0.3 is 0 Å². The van der Waals surface area contributed by atoms with Crippen LogP contribution >= 0.6 is 50.1 Å². The maximum atomic E-state index is 11.8. The first-order valence-corrected chi connectivity index (χ1v) is 9.27. The highest BCUT2D eigenvalue weighted by molar-refractivity contribution is 14.1. The lowest BCUT2D eigenvalue weighted by Gasteiger charge is -2.07. The van der Waals surface area contributed by atoms with Crippen LogP contribution in [0.4, 0.5) is 0 Å². The predicted molar refractivity (Wildman–Crippen MR) is 106 cm³/mol. The second-order valence-electron chi connectivity index (χ2n) is 4.88. The van der Waals surface area contributed by atoms with E-state index in [0.717, 1.165) is 13.6 Å². The van der Waals surface area contributed by atoms with Crippen LogP contribution < -0.4 is 19.6 Å². The zero-order valence-corrected chi connectivity index (χ0v) is 17.1. The average Bonchev–Trinajstić information content (AvgIpc) is 3.01. The Hall–Kier alpha value is -1.52. The van der Waals surface area contributed by atoms with Crippen LogP contribution in [0, 0.1) is 3.57 Å². The van der Waals surface area contributed by atoms with Crippen molar-refractivity contribution in [3.63, 3.8) is 0 Å². The molecule has 1 N–H and O–H groups in total. The lowest BCUT2D eigenvalue weighted by Crippen LogP contribution is -2.24. The SMILES string of the molecule is O=C(COc1ccc(Cl)cc1I)N/N=C/c1cc2c(cc1Br)OCO2. The number of hydrazone groups is 1. The minimum atomic E-state index is -0.376. The van der Waals surface area contributed by atoms with Crippen molar-refractivity contribution in [2.75, 3.05) is 13.4 Å². The third-order valence-corrected chi connectivity index (χ3v) is 4.90. The van der Waals surface area contributed by atoms with Gasteiger partial charge in [0.05, 0.1) is 9.78 Å². The molecule has 130 valence electrons. The molecule has 3 rings (SSSR count). The molecule has 0 bridgehead atoms. The van der Waals surface area contributed by atoms with Gasteiger partial charge in [-0.15, -0.1) is 0 Å². The van der Waals surface area contributed by atoms with Gasteiger partial charge in [0.15, 0.2) is 18.1 Å². The fourth-order valence-corrected chi connectivity index (χ4v) is 3.43. The molecule has 0 aromatic heterocycles. The average molecular weight is 538 g/mol. The largest absolute Gasteiger partial charge is 0.483 e. The predicted octanol–water partition coefficient (Wildman–Crippen LogP) is 3.96. The van der Waals surface area contributed by atoms with Crippen molar-refractivity contribution in [2.45, 2.75) is 0 Å². The molecule has 9 heteroatoms. The Labute approximate surface area is 170 Å². The zero-order chi connectivity index (χ0) is 17.8. The summed E-state index contributed by atoms with van der Waals surface area (Å²) in [6.07, 6.45) is 1.51. The van der Waals surface area contributed by atoms with E-state index in [4.69, 9.17) is 25.8 Å². The molecule has 1 aliphatic rings. The summed E-state index contributed by atoms with van der Waals surface area (Å²) in [5, 5.41) is 4.53. The van der Waals surface area contributed by atoms with Crippen molar-refractivity contribution in [3.8, 4) is 17.2 Å². The number of ether oxygens (including phenoxy) is 3. The van der Waals surface area contributed by atoms with Gasteiger partial charge in [0.2, 0.25) is 6.79 Å². The highest BCUT2D eigenvalue weighted by Crippen LogP contribution is 2.36. The maximum Gasteiger partial charge on any atom is 0.277 e. The zero-order valence-electron chi connectivity index (χ0n) is 12.6. The first-order chi connectivity index (χ1) is 12.0. The normalized spacial score (nSPS) is 12.4. The molecule has 1 heterocycles. The molecule has 0 unspecified atom stereocenters. The van der Waals surface area contributed by atoms with Crippen LogP contribution in [-0.4, -0.2) is 25.5 Å². The highest BCUT2D eigenvalue weighted by atomic mass is 127. The van der Waals surface area contributed by atoms with Gasteiger partial charge in [-0.05, 0) is 68.9 Å². The number of amides is 1. The van der Waals surface area contributed by atoms with E-state index in [0.29, 0.717) is 22.3 Å². The lowest BCUT2D eigenvalue weighted by atomic mass is 10.2. The van der Waals surface area contributed by atoms with Crippen LogP contribution in [0.15, 0.2) is 39.9 Å². The van der Waals surface area contributed by atoms with E-state index in [2.05, 4.69) is 49.0 Å². The number of carbonyl (C=O) groups is 1. The Kier molecular flexibility index (Phi) is 6.02. The van der Waals surface area contributed by atoms with Crippen LogP contribution in [-0.2, 0) is 4.79 Å². The number of nitrogens with one attached hydrogen (secondary N) is 1. The molecule has 1 aliphatic heterocycles. The lowest BCUT2D eigenvalue weighted by molar-refractivity contribution is -0.123. The summed E-state index contributed by atoms with van der Waals surface area (Å²) in [7, 11) is 0. The number of benzene rings is 2. The molecule has 0 fully saturated rings. The topological polar surface area (TPSA) is 69.2 Å². The summed E-state index contributed by atoms with van der Waals surface area (Å²) in [5.41, 5.74) is 3.16. The van der Waals surface area contributed by atoms with Crippen LogP contribution in [0.25, 0.3) is 0 Å². The van der Waals surface area contributed by atoms with Gasteiger partial charge in [-0.25, -0.2) is 5.43 Å². The van der Waals surface area contributed by atoms with Gasteiger partial charge in [-0.2, -0.15) is 5.10 Å². The molecule has 1 amide bonds. The van der Waals surface area contributed by atoms with Crippen molar-refractivity contribution in [3.05, 3.63) is 49.0 Å². The van der Waals surface area contributed by atoms with Gasteiger partial charge in [0, 0.05) is 15.1 Å². The van der Waals surface area contributed by atoms with Crippen molar-refractivity contribution >= 4 is 62.2 Å². The van der Waals surface area contributed by atoms with Crippen LogP contribution in [0.5, 0.6) is 17.2 Å². The standard InChI is InChI=1S/C16H11BrClIN2O4/c17-11-5-15-14(24-8-25-15)3-9(11)6-20-21-16(22)7-23-13-2-1-10(18)4-12(13)19/h1-6H,7-8H2,(H,21,22)/b20-6+. The van der Waals surface area contributed by atoms with E-state index in [1.54, 1.807) is 30.3 Å². The molecule has 0 spiro atoms. The van der Waals surface area contributed by atoms with E-state index in [-0.39, 0.29) is 19.3 Å². The second-order valence-corrected chi connectivity index (χ2v) is 7.34.